The number of nitrogens with one attached hydrogen (secondary N) is 3. The van der Waals surface area contributed by atoms with Gasteiger partial charge in [-0.25, -0.2) is 4.79 Å². The van der Waals surface area contributed by atoms with Crippen LogP contribution in [0.25, 0.3) is 0 Å². The maximum Gasteiger partial charge on any atom is 0.321 e. The summed E-state index contributed by atoms with van der Waals surface area (Å²) in [6.07, 6.45) is 5.53. The van der Waals surface area contributed by atoms with Crippen molar-refractivity contribution >= 4 is 46.7 Å². The fraction of sp³-hybridized carbons (Fsp3) is 0.526. The Hall–Kier alpha value is -1.83. The van der Waals surface area contributed by atoms with E-state index in [1.165, 1.54) is 0 Å². The number of hydrogen-bond acceptors (Lipinski definition) is 4. The van der Waals surface area contributed by atoms with Crippen LogP contribution in [0.15, 0.2) is 18.2 Å². The van der Waals surface area contributed by atoms with Crippen LogP contribution in [-0.2, 0) is 9.59 Å². The molecule has 4 amide bonds. The lowest BCUT2D eigenvalue weighted by Gasteiger charge is -2.23. The zero-order valence-corrected chi connectivity index (χ0v) is 17.0. The lowest BCUT2D eigenvalue weighted by atomic mass is 10.2. The van der Waals surface area contributed by atoms with Crippen LogP contribution in [-0.4, -0.2) is 47.9 Å². The number of nitrogens with zero attached hydrogens (tertiary/aromatic N) is 1. The van der Waals surface area contributed by atoms with Crippen molar-refractivity contribution in [3.63, 3.8) is 0 Å². The minimum absolute atomic E-state index is 0.00940. The second kappa shape index (κ2) is 9.58. The van der Waals surface area contributed by atoms with E-state index in [4.69, 9.17) is 23.2 Å². The molecule has 1 heterocycles. The molecule has 0 radical (unpaired) electrons. The van der Waals surface area contributed by atoms with E-state index in [1.807, 2.05) is 0 Å². The summed E-state index contributed by atoms with van der Waals surface area (Å²) in [5.74, 6) is -0.648. The predicted octanol–water partition coefficient (Wildman–Crippen LogP) is 3.16. The molecule has 1 aliphatic carbocycles. The Kier molecular flexibility index (Phi) is 7.15. The number of halogens is 2. The van der Waals surface area contributed by atoms with Crippen molar-refractivity contribution < 1.29 is 14.4 Å². The molecule has 0 aromatic heterocycles. The highest BCUT2D eigenvalue weighted by Crippen LogP contribution is 2.27. The Morgan fingerprint density at radius 3 is 2.54 bits per heavy atom. The molecule has 2 aliphatic rings. The Bertz CT molecular complexity index is 753. The first-order chi connectivity index (χ1) is 13.4. The largest absolute Gasteiger partial charge is 0.335 e. The van der Waals surface area contributed by atoms with E-state index in [9.17, 15) is 14.4 Å². The standard InChI is InChI=1S/C19H24Cl2N4O3/c20-12-7-8-15(14(21)10-12)23-18(27)16-6-3-9-25(16)11-17(26)24-19(28)22-13-4-1-2-5-13/h7-8,10,13,16H,1-6,9,11H2,(H,23,27)(H2,22,24,26,28). The lowest BCUT2D eigenvalue weighted by Crippen LogP contribution is -2.49. The summed E-state index contributed by atoms with van der Waals surface area (Å²) in [5, 5.41) is 8.81. The fourth-order valence-corrected chi connectivity index (χ4v) is 4.22. The molecule has 1 saturated carbocycles. The minimum Gasteiger partial charge on any atom is -0.335 e. The number of benzene rings is 1. The molecule has 1 aliphatic heterocycles. The number of anilines is 1. The molecular weight excluding hydrogens is 403 g/mol. The Morgan fingerprint density at radius 2 is 1.82 bits per heavy atom. The first kappa shape index (κ1) is 20.9. The van der Waals surface area contributed by atoms with Crippen LogP contribution in [0, 0.1) is 0 Å². The van der Waals surface area contributed by atoms with Crippen molar-refractivity contribution in [1.82, 2.24) is 15.5 Å². The number of urea groups is 1. The van der Waals surface area contributed by atoms with Gasteiger partial charge in [-0.05, 0) is 50.4 Å². The summed E-state index contributed by atoms with van der Waals surface area (Å²) in [6.45, 7) is 0.606. The predicted molar refractivity (Wildman–Crippen MR) is 109 cm³/mol. The summed E-state index contributed by atoms with van der Waals surface area (Å²) in [6, 6.07) is 4.07. The highest BCUT2D eigenvalue weighted by atomic mass is 35.5. The summed E-state index contributed by atoms with van der Waals surface area (Å²) < 4.78 is 0. The normalized spacial score (nSPS) is 20.1. The van der Waals surface area contributed by atoms with Crippen molar-refractivity contribution in [3.05, 3.63) is 28.2 Å². The third-order valence-electron chi connectivity index (χ3n) is 5.15. The van der Waals surface area contributed by atoms with Gasteiger partial charge in [0.05, 0.1) is 23.3 Å². The van der Waals surface area contributed by atoms with Gasteiger partial charge in [0.15, 0.2) is 0 Å². The van der Waals surface area contributed by atoms with Crippen LogP contribution in [0.1, 0.15) is 38.5 Å². The topological polar surface area (TPSA) is 90.5 Å². The molecule has 7 nitrogen and oxygen atoms in total. The van der Waals surface area contributed by atoms with Crippen LogP contribution < -0.4 is 16.0 Å². The molecule has 152 valence electrons. The average Bonchev–Trinajstić information content (AvgIpc) is 3.29. The number of carbonyl (C=O) groups excluding carboxylic acids is 3. The highest BCUT2D eigenvalue weighted by Gasteiger charge is 2.32. The molecule has 1 unspecified atom stereocenters. The van der Waals surface area contributed by atoms with Gasteiger partial charge in [-0.1, -0.05) is 36.0 Å². The molecule has 1 atom stereocenters. The van der Waals surface area contributed by atoms with Crippen LogP contribution in [0.5, 0.6) is 0 Å². The van der Waals surface area contributed by atoms with Gasteiger partial charge in [0.1, 0.15) is 0 Å². The molecule has 3 rings (SSSR count). The van der Waals surface area contributed by atoms with E-state index >= 15 is 0 Å². The van der Waals surface area contributed by atoms with Crippen molar-refractivity contribution in [3.8, 4) is 0 Å². The van der Waals surface area contributed by atoms with Crippen LogP contribution in [0.3, 0.4) is 0 Å². The second-order valence-corrected chi connectivity index (χ2v) is 8.09. The molecule has 3 N–H and O–H groups in total. The Morgan fingerprint density at radius 1 is 1.07 bits per heavy atom. The minimum atomic E-state index is -0.468. The smallest absolute Gasteiger partial charge is 0.321 e. The van der Waals surface area contributed by atoms with Gasteiger partial charge in [-0.15, -0.1) is 0 Å². The fourth-order valence-electron chi connectivity index (χ4n) is 3.76. The molecule has 0 bridgehead atoms. The molecule has 1 aromatic carbocycles. The van der Waals surface area contributed by atoms with Gasteiger partial charge >= 0.3 is 6.03 Å². The zero-order valence-electron chi connectivity index (χ0n) is 15.5. The van der Waals surface area contributed by atoms with E-state index in [2.05, 4.69) is 16.0 Å². The van der Waals surface area contributed by atoms with Crippen molar-refractivity contribution in [2.45, 2.75) is 50.6 Å². The van der Waals surface area contributed by atoms with E-state index in [1.54, 1.807) is 23.1 Å². The monoisotopic (exact) mass is 426 g/mol. The number of rotatable bonds is 5. The summed E-state index contributed by atoms with van der Waals surface area (Å²) in [4.78, 5) is 38.6. The quantitative estimate of drug-likeness (QED) is 0.674. The molecule has 1 aromatic rings. The van der Waals surface area contributed by atoms with Crippen LogP contribution >= 0.6 is 23.2 Å². The molecular formula is C19H24Cl2N4O3. The first-order valence-electron chi connectivity index (χ1n) is 9.52. The maximum atomic E-state index is 12.6. The van der Waals surface area contributed by atoms with Crippen molar-refractivity contribution in [1.29, 1.82) is 0 Å². The number of likely N-dealkylation sites (tertiary alicyclic amines) is 1. The van der Waals surface area contributed by atoms with E-state index in [0.29, 0.717) is 28.7 Å². The highest BCUT2D eigenvalue weighted by molar-refractivity contribution is 6.36. The summed E-state index contributed by atoms with van der Waals surface area (Å²) >= 11 is 12.0. The van der Waals surface area contributed by atoms with Gasteiger partial charge in [-0.3, -0.25) is 19.8 Å². The molecule has 2 fully saturated rings. The maximum absolute atomic E-state index is 12.6. The average molecular weight is 427 g/mol. The van der Waals surface area contributed by atoms with Gasteiger partial charge in [0.25, 0.3) is 0 Å². The molecule has 28 heavy (non-hydrogen) atoms. The molecule has 9 heteroatoms. The van der Waals surface area contributed by atoms with E-state index in [0.717, 1.165) is 32.1 Å². The molecule has 1 saturated heterocycles. The van der Waals surface area contributed by atoms with Crippen LogP contribution in [0.2, 0.25) is 10.0 Å². The SMILES string of the molecule is O=C(CN1CCCC1C(=O)Nc1ccc(Cl)cc1Cl)NC(=O)NC1CCCC1. The third kappa shape index (κ3) is 5.59. The van der Waals surface area contributed by atoms with Gasteiger partial charge in [-0.2, -0.15) is 0 Å². The van der Waals surface area contributed by atoms with Gasteiger partial charge in [0, 0.05) is 11.1 Å². The number of carbonyl (C=O) groups is 3. The Balaban J connectivity index is 1.51. The van der Waals surface area contributed by atoms with E-state index in [-0.39, 0.29) is 18.5 Å². The zero-order chi connectivity index (χ0) is 20.1. The first-order valence-corrected chi connectivity index (χ1v) is 10.3. The number of hydrogen-bond donors (Lipinski definition) is 3. The van der Waals surface area contributed by atoms with Gasteiger partial charge in [0.2, 0.25) is 11.8 Å². The molecule has 0 spiro atoms. The summed E-state index contributed by atoms with van der Waals surface area (Å²) in [5.41, 5.74) is 0.475. The lowest BCUT2D eigenvalue weighted by molar-refractivity contribution is -0.124. The van der Waals surface area contributed by atoms with Crippen molar-refractivity contribution in [2.75, 3.05) is 18.4 Å². The second-order valence-electron chi connectivity index (χ2n) is 7.24. The van der Waals surface area contributed by atoms with Gasteiger partial charge < -0.3 is 10.6 Å². The summed E-state index contributed by atoms with van der Waals surface area (Å²) in [7, 11) is 0. The Labute approximate surface area is 174 Å². The van der Waals surface area contributed by atoms with Crippen molar-refractivity contribution in [2.24, 2.45) is 0 Å². The van der Waals surface area contributed by atoms with Crippen LogP contribution in [0.4, 0.5) is 10.5 Å². The third-order valence-corrected chi connectivity index (χ3v) is 5.69. The van der Waals surface area contributed by atoms with E-state index < -0.39 is 18.0 Å². The number of imide groups is 1. The number of amides is 4.